The molecule has 0 fully saturated rings. The third-order valence-corrected chi connectivity index (χ3v) is 3.20. The molecule has 20 heavy (non-hydrogen) atoms. The third-order valence-electron chi connectivity index (χ3n) is 3.20. The van der Waals surface area contributed by atoms with Crippen molar-refractivity contribution in [1.29, 1.82) is 0 Å². The first kappa shape index (κ1) is 14.7. The lowest BCUT2D eigenvalue weighted by Gasteiger charge is -2.34. The van der Waals surface area contributed by atoms with Gasteiger partial charge in [-0.25, -0.2) is 4.79 Å². The van der Waals surface area contributed by atoms with E-state index in [-0.39, 0.29) is 12.1 Å². The first-order chi connectivity index (χ1) is 9.31. The van der Waals surface area contributed by atoms with Gasteiger partial charge in [0.25, 0.3) is 0 Å². The second-order valence-electron chi connectivity index (χ2n) is 5.95. The van der Waals surface area contributed by atoms with Crippen molar-refractivity contribution in [3.63, 3.8) is 0 Å². The molecule has 1 amide bonds. The van der Waals surface area contributed by atoms with Gasteiger partial charge >= 0.3 is 6.09 Å². The van der Waals surface area contributed by atoms with Crippen molar-refractivity contribution < 1.29 is 14.3 Å². The van der Waals surface area contributed by atoms with Crippen molar-refractivity contribution in [2.45, 2.75) is 38.8 Å². The Morgan fingerprint density at radius 1 is 1.40 bits per heavy atom. The van der Waals surface area contributed by atoms with Crippen LogP contribution in [0, 0.1) is 0 Å². The molecule has 0 saturated heterocycles. The summed E-state index contributed by atoms with van der Waals surface area (Å²) in [6.07, 6.45) is 0.371. The summed E-state index contributed by atoms with van der Waals surface area (Å²) in [4.78, 5) is 13.9. The number of rotatable bonds is 1. The highest BCUT2D eigenvalue weighted by atomic mass is 16.6. The van der Waals surface area contributed by atoms with Crippen molar-refractivity contribution in [3.8, 4) is 5.75 Å². The molecular weight excluding hydrogens is 256 g/mol. The van der Waals surface area contributed by atoms with Gasteiger partial charge in [0.1, 0.15) is 11.4 Å². The van der Waals surface area contributed by atoms with Gasteiger partial charge in [0.15, 0.2) is 0 Å². The molecule has 2 rings (SSSR count). The van der Waals surface area contributed by atoms with Crippen molar-refractivity contribution in [3.05, 3.63) is 23.8 Å². The Balaban J connectivity index is 2.31. The molecule has 1 heterocycles. The SMILES string of the molecule is COc1ccc2c(c1)C(N)CCN2C(=O)OC(C)(C)C. The van der Waals surface area contributed by atoms with Crippen LogP contribution in [0.2, 0.25) is 0 Å². The normalized spacial score (nSPS) is 18.4. The predicted octanol–water partition coefficient (Wildman–Crippen LogP) is 2.84. The molecule has 1 aromatic carbocycles. The summed E-state index contributed by atoms with van der Waals surface area (Å²) in [6, 6.07) is 5.49. The summed E-state index contributed by atoms with van der Waals surface area (Å²) in [6.45, 7) is 6.13. The quantitative estimate of drug-likeness (QED) is 0.858. The van der Waals surface area contributed by atoms with Crippen LogP contribution in [-0.2, 0) is 4.74 Å². The van der Waals surface area contributed by atoms with Crippen LogP contribution in [0.1, 0.15) is 38.8 Å². The van der Waals surface area contributed by atoms with Crippen LogP contribution < -0.4 is 15.4 Å². The van der Waals surface area contributed by atoms with E-state index in [2.05, 4.69) is 0 Å². The number of fused-ring (bicyclic) bond motifs is 1. The Morgan fingerprint density at radius 2 is 2.10 bits per heavy atom. The van der Waals surface area contributed by atoms with Crippen LogP contribution in [0.25, 0.3) is 0 Å². The number of carbonyl (C=O) groups is 1. The maximum atomic E-state index is 12.3. The van der Waals surface area contributed by atoms with Crippen molar-refractivity contribution >= 4 is 11.8 Å². The van der Waals surface area contributed by atoms with Crippen molar-refractivity contribution in [1.82, 2.24) is 0 Å². The average Bonchev–Trinajstić information content (AvgIpc) is 2.36. The highest BCUT2D eigenvalue weighted by Gasteiger charge is 2.30. The zero-order valence-corrected chi connectivity index (χ0v) is 12.5. The van der Waals surface area contributed by atoms with E-state index in [1.807, 2.05) is 39.0 Å². The maximum absolute atomic E-state index is 12.3. The van der Waals surface area contributed by atoms with E-state index < -0.39 is 5.60 Å². The first-order valence-corrected chi connectivity index (χ1v) is 6.76. The standard InChI is InChI=1S/C15H22N2O3/c1-15(2,3)20-14(18)17-8-7-12(16)11-9-10(19-4)5-6-13(11)17/h5-6,9,12H,7-8,16H2,1-4H3. The number of benzene rings is 1. The lowest BCUT2D eigenvalue weighted by atomic mass is 9.97. The summed E-state index contributed by atoms with van der Waals surface area (Å²) in [5.74, 6) is 0.741. The molecule has 110 valence electrons. The summed E-state index contributed by atoms with van der Waals surface area (Å²) < 4.78 is 10.7. The molecular formula is C15H22N2O3. The number of hydrogen-bond donors (Lipinski definition) is 1. The van der Waals surface area contributed by atoms with Gasteiger partial charge in [-0.05, 0) is 51.0 Å². The second-order valence-corrected chi connectivity index (χ2v) is 5.95. The molecule has 0 bridgehead atoms. The molecule has 1 atom stereocenters. The Hall–Kier alpha value is -1.75. The Bertz CT molecular complexity index is 508. The molecule has 0 saturated carbocycles. The minimum absolute atomic E-state index is 0.0845. The molecule has 0 aromatic heterocycles. The molecule has 5 heteroatoms. The fourth-order valence-corrected chi connectivity index (χ4v) is 2.25. The summed E-state index contributed by atoms with van der Waals surface area (Å²) in [5, 5.41) is 0. The van der Waals surface area contributed by atoms with Gasteiger partial charge < -0.3 is 15.2 Å². The number of anilines is 1. The Kier molecular flexibility index (Phi) is 3.90. The summed E-state index contributed by atoms with van der Waals surface area (Å²) in [7, 11) is 1.61. The number of methoxy groups -OCH3 is 1. The van der Waals surface area contributed by atoms with E-state index >= 15 is 0 Å². The van der Waals surface area contributed by atoms with E-state index in [0.717, 1.165) is 17.0 Å². The molecule has 1 aliphatic heterocycles. The highest BCUT2D eigenvalue weighted by molar-refractivity contribution is 5.89. The molecule has 1 aromatic rings. The van der Waals surface area contributed by atoms with Gasteiger partial charge in [-0.2, -0.15) is 0 Å². The summed E-state index contributed by atoms with van der Waals surface area (Å²) >= 11 is 0. The van der Waals surface area contributed by atoms with E-state index in [4.69, 9.17) is 15.2 Å². The highest BCUT2D eigenvalue weighted by Crippen LogP contribution is 2.35. The maximum Gasteiger partial charge on any atom is 0.414 e. The largest absolute Gasteiger partial charge is 0.497 e. The van der Waals surface area contributed by atoms with Gasteiger partial charge in [0.2, 0.25) is 0 Å². The van der Waals surface area contributed by atoms with Gasteiger partial charge in [-0.15, -0.1) is 0 Å². The van der Waals surface area contributed by atoms with Crippen LogP contribution in [0.3, 0.4) is 0 Å². The van der Waals surface area contributed by atoms with E-state index in [1.165, 1.54) is 0 Å². The lowest BCUT2D eigenvalue weighted by molar-refractivity contribution is 0.0576. The summed E-state index contributed by atoms with van der Waals surface area (Å²) in [5.41, 5.74) is 7.34. The monoisotopic (exact) mass is 278 g/mol. The van der Waals surface area contributed by atoms with Crippen molar-refractivity contribution in [2.24, 2.45) is 5.73 Å². The Labute approximate surface area is 119 Å². The third kappa shape index (κ3) is 3.04. The van der Waals surface area contributed by atoms with Gasteiger partial charge in [0, 0.05) is 12.6 Å². The first-order valence-electron chi connectivity index (χ1n) is 6.76. The molecule has 0 aliphatic carbocycles. The zero-order chi connectivity index (χ0) is 14.9. The van der Waals surface area contributed by atoms with Gasteiger partial charge in [-0.1, -0.05) is 0 Å². The van der Waals surface area contributed by atoms with Gasteiger partial charge in [0.05, 0.1) is 12.8 Å². The van der Waals surface area contributed by atoms with Crippen LogP contribution in [-0.4, -0.2) is 25.3 Å². The minimum Gasteiger partial charge on any atom is -0.497 e. The number of amides is 1. The Morgan fingerprint density at radius 3 is 2.70 bits per heavy atom. The molecule has 2 N–H and O–H groups in total. The van der Waals surface area contributed by atoms with E-state index in [9.17, 15) is 4.79 Å². The number of nitrogens with two attached hydrogens (primary N) is 1. The van der Waals surface area contributed by atoms with Crippen LogP contribution >= 0.6 is 0 Å². The topological polar surface area (TPSA) is 64.8 Å². The number of carbonyl (C=O) groups excluding carboxylic acids is 1. The zero-order valence-electron chi connectivity index (χ0n) is 12.5. The number of hydrogen-bond acceptors (Lipinski definition) is 4. The molecule has 0 spiro atoms. The second kappa shape index (κ2) is 5.32. The van der Waals surface area contributed by atoms with Crippen molar-refractivity contribution in [2.75, 3.05) is 18.6 Å². The molecule has 0 radical (unpaired) electrons. The fraction of sp³-hybridized carbons (Fsp3) is 0.533. The molecule has 1 unspecified atom stereocenters. The van der Waals surface area contributed by atoms with Crippen LogP contribution in [0.15, 0.2) is 18.2 Å². The molecule has 1 aliphatic rings. The smallest absolute Gasteiger partial charge is 0.414 e. The van der Waals surface area contributed by atoms with Crippen LogP contribution in [0.5, 0.6) is 5.75 Å². The van der Waals surface area contributed by atoms with E-state index in [0.29, 0.717) is 13.0 Å². The number of nitrogens with zero attached hydrogens (tertiary/aromatic N) is 1. The number of ether oxygens (including phenoxy) is 2. The fourth-order valence-electron chi connectivity index (χ4n) is 2.25. The average molecular weight is 278 g/mol. The lowest BCUT2D eigenvalue weighted by Crippen LogP contribution is -2.41. The minimum atomic E-state index is -0.511. The van der Waals surface area contributed by atoms with Gasteiger partial charge in [-0.3, -0.25) is 4.90 Å². The molecule has 5 nitrogen and oxygen atoms in total. The van der Waals surface area contributed by atoms with Crippen LogP contribution in [0.4, 0.5) is 10.5 Å². The van der Waals surface area contributed by atoms with E-state index in [1.54, 1.807) is 12.0 Å². The predicted molar refractivity (Wildman–Crippen MR) is 78.1 cm³/mol.